The van der Waals surface area contributed by atoms with E-state index in [0.717, 1.165) is 19.4 Å². The lowest BCUT2D eigenvalue weighted by Crippen LogP contribution is -2.16. The van der Waals surface area contributed by atoms with E-state index in [0.29, 0.717) is 18.9 Å². The molecular weight excluding hydrogens is 192 g/mol. The number of carbonyl (C=O) groups excluding carboxylic acids is 1. The minimum absolute atomic E-state index is 0.0310. The molecule has 0 aliphatic carbocycles. The Morgan fingerprint density at radius 3 is 2.27 bits per heavy atom. The predicted octanol–water partition coefficient (Wildman–Crippen LogP) is 2.78. The lowest BCUT2D eigenvalue weighted by Gasteiger charge is -2.13. The zero-order chi connectivity index (χ0) is 11.7. The quantitative estimate of drug-likeness (QED) is 0.462. The third-order valence-corrected chi connectivity index (χ3v) is 2.13. The van der Waals surface area contributed by atoms with Gasteiger partial charge in [-0.15, -0.1) is 0 Å². The molecule has 0 aromatic heterocycles. The molecule has 0 saturated heterocycles. The van der Waals surface area contributed by atoms with Crippen molar-refractivity contribution < 1.29 is 14.3 Å². The Hall–Kier alpha value is -0.570. The Balaban J connectivity index is 3.31. The van der Waals surface area contributed by atoms with Crippen molar-refractivity contribution in [1.82, 2.24) is 0 Å². The summed E-state index contributed by atoms with van der Waals surface area (Å²) in [5, 5.41) is 0. The number of hydrogen-bond donors (Lipinski definition) is 0. The molecule has 0 aromatic carbocycles. The Bertz CT molecular complexity index is 166. The van der Waals surface area contributed by atoms with E-state index in [-0.39, 0.29) is 12.1 Å². The third kappa shape index (κ3) is 9.73. The van der Waals surface area contributed by atoms with Gasteiger partial charge < -0.3 is 9.47 Å². The molecule has 15 heavy (non-hydrogen) atoms. The van der Waals surface area contributed by atoms with Crippen LogP contribution >= 0.6 is 0 Å². The molecule has 0 aromatic rings. The van der Waals surface area contributed by atoms with Gasteiger partial charge in [-0.3, -0.25) is 4.79 Å². The second kappa shape index (κ2) is 8.72. The number of hydrogen-bond acceptors (Lipinski definition) is 3. The largest absolute Gasteiger partial charge is 0.463 e. The average molecular weight is 216 g/mol. The van der Waals surface area contributed by atoms with Gasteiger partial charge in [0.1, 0.15) is 6.10 Å². The molecule has 0 saturated carbocycles. The Kier molecular flexibility index (Phi) is 8.38. The molecule has 0 aliphatic heterocycles. The van der Waals surface area contributed by atoms with Crippen LogP contribution in [0.5, 0.6) is 0 Å². The summed E-state index contributed by atoms with van der Waals surface area (Å²) in [6, 6.07) is 0. The SMILES string of the molecule is CCC(=O)O[C@@H](C)CCOCCC(C)C. The van der Waals surface area contributed by atoms with Crippen molar-refractivity contribution in [2.45, 2.75) is 53.1 Å². The van der Waals surface area contributed by atoms with Gasteiger partial charge in [-0.1, -0.05) is 20.8 Å². The smallest absolute Gasteiger partial charge is 0.305 e. The fraction of sp³-hybridized carbons (Fsp3) is 0.917. The van der Waals surface area contributed by atoms with E-state index in [9.17, 15) is 4.79 Å². The number of rotatable bonds is 8. The van der Waals surface area contributed by atoms with E-state index < -0.39 is 0 Å². The lowest BCUT2D eigenvalue weighted by molar-refractivity contribution is -0.148. The summed E-state index contributed by atoms with van der Waals surface area (Å²) in [4.78, 5) is 10.9. The molecule has 0 N–H and O–H groups in total. The van der Waals surface area contributed by atoms with Crippen LogP contribution in [0.1, 0.15) is 47.0 Å². The fourth-order valence-electron chi connectivity index (χ4n) is 1.04. The van der Waals surface area contributed by atoms with Gasteiger partial charge in [-0.2, -0.15) is 0 Å². The maximum atomic E-state index is 10.9. The van der Waals surface area contributed by atoms with Crippen LogP contribution in [0.3, 0.4) is 0 Å². The molecule has 0 rings (SSSR count). The zero-order valence-electron chi connectivity index (χ0n) is 10.4. The van der Waals surface area contributed by atoms with Crippen LogP contribution in [-0.2, 0) is 14.3 Å². The van der Waals surface area contributed by atoms with Crippen LogP contribution < -0.4 is 0 Å². The first-order valence-electron chi connectivity index (χ1n) is 5.83. The first-order chi connectivity index (χ1) is 7.06. The van der Waals surface area contributed by atoms with Crippen molar-refractivity contribution in [3.05, 3.63) is 0 Å². The minimum atomic E-state index is -0.135. The zero-order valence-corrected chi connectivity index (χ0v) is 10.4. The van der Waals surface area contributed by atoms with E-state index in [1.54, 1.807) is 6.92 Å². The van der Waals surface area contributed by atoms with Gasteiger partial charge in [0.25, 0.3) is 0 Å². The molecule has 0 aliphatic rings. The normalized spacial score (nSPS) is 12.9. The van der Waals surface area contributed by atoms with Crippen molar-refractivity contribution in [1.29, 1.82) is 0 Å². The van der Waals surface area contributed by atoms with Crippen LogP contribution in [0.15, 0.2) is 0 Å². The standard InChI is InChI=1S/C12H24O3/c1-5-12(13)15-11(4)7-9-14-8-6-10(2)3/h10-11H,5-9H2,1-4H3/t11-/m0/s1. The van der Waals surface area contributed by atoms with Gasteiger partial charge in [0.15, 0.2) is 0 Å². The number of ether oxygens (including phenoxy) is 2. The number of esters is 1. The monoisotopic (exact) mass is 216 g/mol. The van der Waals surface area contributed by atoms with Crippen LogP contribution in [0.2, 0.25) is 0 Å². The van der Waals surface area contributed by atoms with Gasteiger partial charge in [0, 0.05) is 19.4 Å². The first kappa shape index (κ1) is 14.4. The topological polar surface area (TPSA) is 35.5 Å². The molecule has 0 amide bonds. The highest BCUT2D eigenvalue weighted by Gasteiger charge is 2.06. The Labute approximate surface area is 93.1 Å². The molecule has 0 unspecified atom stereocenters. The van der Waals surface area contributed by atoms with Crippen LogP contribution in [0.25, 0.3) is 0 Å². The van der Waals surface area contributed by atoms with Crippen molar-refractivity contribution in [3.63, 3.8) is 0 Å². The van der Waals surface area contributed by atoms with Crippen LogP contribution in [0, 0.1) is 5.92 Å². The lowest BCUT2D eigenvalue weighted by atomic mass is 10.1. The molecular formula is C12H24O3. The predicted molar refractivity (Wildman–Crippen MR) is 60.7 cm³/mol. The second-order valence-corrected chi connectivity index (χ2v) is 4.24. The van der Waals surface area contributed by atoms with Crippen molar-refractivity contribution in [2.75, 3.05) is 13.2 Å². The molecule has 3 nitrogen and oxygen atoms in total. The average Bonchev–Trinajstić information content (AvgIpc) is 2.16. The summed E-state index contributed by atoms with van der Waals surface area (Å²) in [6.07, 6.45) is 2.28. The molecule has 0 spiro atoms. The van der Waals surface area contributed by atoms with Crippen molar-refractivity contribution in [2.24, 2.45) is 5.92 Å². The van der Waals surface area contributed by atoms with Gasteiger partial charge in [0.2, 0.25) is 0 Å². The maximum Gasteiger partial charge on any atom is 0.305 e. The summed E-state index contributed by atoms with van der Waals surface area (Å²) in [6.45, 7) is 9.52. The Morgan fingerprint density at radius 2 is 1.73 bits per heavy atom. The minimum Gasteiger partial charge on any atom is -0.463 e. The summed E-state index contributed by atoms with van der Waals surface area (Å²) >= 11 is 0. The van der Waals surface area contributed by atoms with Crippen LogP contribution in [-0.4, -0.2) is 25.3 Å². The molecule has 0 radical (unpaired) electrons. The first-order valence-corrected chi connectivity index (χ1v) is 5.83. The van der Waals surface area contributed by atoms with Gasteiger partial charge >= 0.3 is 5.97 Å². The maximum absolute atomic E-state index is 10.9. The molecule has 0 bridgehead atoms. The van der Waals surface area contributed by atoms with E-state index in [4.69, 9.17) is 9.47 Å². The summed E-state index contributed by atoms with van der Waals surface area (Å²) < 4.78 is 10.5. The second-order valence-electron chi connectivity index (χ2n) is 4.24. The molecule has 3 heteroatoms. The van der Waals surface area contributed by atoms with E-state index >= 15 is 0 Å². The number of carbonyl (C=O) groups is 1. The van der Waals surface area contributed by atoms with Crippen LogP contribution in [0.4, 0.5) is 0 Å². The van der Waals surface area contributed by atoms with Crippen molar-refractivity contribution >= 4 is 5.97 Å². The van der Waals surface area contributed by atoms with E-state index in [1.807, 2.05) is 6.92 Å². The Morgan fingerprint density at radius 1 is 1.13 bits per heavy atom. The highest BCUT2D eigenvalue weighted by molar-refractivity contribution is 5.69. The van der Waals surface area contributed by atoms with Crippen molar-refractivity contribution in [3.8, 4) is 0 Å². The molecule has 0 fully saturated rings. The molecule has 0 heterocycles. The van der Waals surface area contributed by atoms with E-state index in [1.165, 1.54) is 0 Å². The highest BCUT2D eigenvalue weighted by atomic mass is 16.5. The molecule has 1 atom stereocenters. The van der Waals surface area contributed by atoms with Gasteiger partial charge in [-0.05, 0) is 19.3 Å². The fourth-order valence-corrected chi connectivity index (χ4v) is 1.04. The summed E-state index contributed by atoms with van der Waals surface area (Å²) in [5.41, 5.74) is 0. The highest BCUT2D eigenvalue weighted by Crippen LogP contribution is 2.02. The van der Waals surface area contributed by atoms with Gasteiger partial charge in [0.05, 0.1) is 6.61 Å². The summed E-state index contributed by atoms with van der Waals surface area (Å²) in [7, 11) is 0. The summed E-state index contributed by atoms with van der Waals surface area (Å²) in [5.74, 6) is 0.546. The third-order valence-electron chi connectivity index (χ3n) is 2.13. The molecule has 90 valence electrons. The van der Waals surface area contributed by atoms with Gasteiger partial charge in [-0.25, -0.2) is 0 Å². The van der Waals surface area contributed by atoms with E-state index in [2.05, 4.69) is 13.8 Å².